The Balaban J connectivity index is 5.24. The van der Waals surface area contributed by atoms with Crippen molar-refractivity contribution in [3.05, 3.63) is 0 Å². The Morgan fingerprint density at radius 1 is 0.314 bits per heavy atom. The first-order valence-electron chi connectivity index (χ1n) is 34.8. The number of hydrogen-bond donors (Lipinski definition) is 3. The molecule has 5 atom stereocenters. The van der Waals surface area contributed by atoms with Gasteiger partial charge in [-0.1, -0.05) is 280 Å². The summed E-state index contributed by atoms with van der Waals surface area (Å²) >= 11 is 0. The van der Waals surface area contributed by atoms with Crippen LogP contribution >= 0.6 is 15.6 Å². The number of carbonyl (C=O) groups excluding carboxylic acids is 4. The third-order valence-corrected chi connectivity index (χ3v) is 17.3. The van der Waals surface area contributed by atoms with Crippen molar-refractivity contribution in [3.8, 4) is 0 Å². The summed E-state index contributed by atoms with van der Waals surface area (Å²) in [5, 5.41) is 10.6. The highest BCUT2D eigenvalue weighted by atomic mass is 31.2. The molecule has 0 aromatic heterocycles. The van der Waals surface area contributed by atoms with E-state index in [1.54, 1.807) is 0 Å². The van der Waals surface area contributed by atoms with Gasteiger partial charge in [0.15, 0.2) is 12.2 Å². The number of ether oxygens (including phenoxy) is 4. The molecule has 0 amide bonds. The van der Waals surface area contributed by atoms with E-state index in [1.807, 2.05) is 0 Å². The van der Waals surface area contributed by atoms with Crippen LogP contribution in [0.2, 0.25) is 0 Å². The number of carbonyl (C=O) groups is 4. The second-order valence-corrected chi connectivity index (χ2v) is 28.5. The third kappa shape index (κ3) is 60.9. The lowest BCUT2D eigenvalue weighted by atomic mass is 10.0. The minimum atomic E-state index is -4.95. The van der Waals surface area contributed by atoms with Crippen LogP contribution in [-0.2, 0) is 65.4 Å². The Morgan fingerprint density at radius 2 is 0.535 bits per heavy atom. The van der Waals surface area contributed by atoms with Crippen molar-refractivity contribution in [3.63, 3.8) is 0 Å². The average molecular weight is 1270 g/mol. The van der Waals surface area contributed by atoms with E-state index in [1.165, 1.54) is 135 Å². The van der Waals surface area contributed by atoms with Crippen molar-refractivity contribution in [2.24, 2.45) is 17.8 Å². The van der Waals surface area contributed by atoms with E-state index < -0.39 is 97.5 Å². The lowest BCUT2D eigenvalue weighted by Crippen LogP contribution is -2.30. The van der Waals surface area contributed by atoms with Crippen LogP contribution in [0.3, 0.4) is 0 Å². The van der Waals surface area contributed by atoms with Crippen LogP contribution in [0.4, 0.5) is 0 Å². The molecule has 0 aromatic rings. The molecule has 0 aliphatic heterocycles. The predicted molar refractivity (Wildman–Crippen MR) is 344 cm³/mol. The molecule has 0 radical (unpaired) electrons. The third-order valence-electron chi connectivity index (χ3n) is 15.4. The van der Waals surface area contributed by atoms with Crippen molar-refractivity contribution < 1.29 is 80.2 Å². The van der Waals surface area contributed by atoms with E-state index in [0.717, 1.165) is 102 Å². The molecule has 510 valence electrons. The first-order valence-corrected chi connectivity index (χ1v) is 37.8. The van der Waals surface area contributed by atoms with E-state index in [0.29, 0.717) is 37.5 Å². The number of phosphoric ester groups is 2. The molecule has 0 aromatic carbocycles. The second kappa shape index (κ2) is 58.2. The topological polar surface area (TPSA) is 237 Å². The molecule has 0 bridgehead atoms. The first-order chi connectivity index (χ1) is 41.2. The fourth-order valence-corrected chi connectivity index (χ4v) is 11.6. The zero-order valence-corrected chi connectivity index (χ0v) is 57.6. The maximum absolute atomic E-state index is 13.0. The van der Waals surface area contributed by atoms with Crippen LogP contribution in [0, 0.1) is 17.8 Å². The van der Waals surface area contributed by atoms with Crippen molar-refractivity contribution >= 4 is 39.5 Å². The van der Waals surface area contributed by atoms with Gasteiger partial charge in [-0.3, -0.25) is 37.3 Å². The molecule has 86 heavy (non-hydrogen) atoms. The van der Waals surface area contributed by atoms with Crippen molar-refractivity contribution in [2.45, 2.75) is 349 Å². The Kier molecular flexibility index (Phi) is 56.9. The van der Waals surface area contributed by atoms with Crippen LogP contribution in [0.1, 0.15) is 331 Å². The van der Waals surface area contributed by atoms with Gasteiger partial charge >= 0.3 is 39.5 Å². The van der Waals surface area contributed by atoms with Gasteiger partial charge in [-0.15, -0.1) is 0 Å². The van der Waals surface area contributed by atoms with E-state index in [4.69, 9.17) is 37.0 Å². The largest absolute Gasteiger partial charge is 0.472 e. The molecule has 19 heteroatoms. The molecule has 0 aliphatic rings. The summed E-state index contributed by atoms with van der Waals surface area (Å²) in [7, 11) is -9.89. The molecule has 0 heterocycles. The zero-order chi connectivity index (χ0) is 63.8. The van der Waals surface area contributed by atoms with Gasteiger partial charge in [0.1, 0.15) is 19.3 Å². The molecule has 0 fully saturated rings. The predicted octanol–water partition coefficient (Wildman–Crippen LogP) is 18.7. The molecule has 0 saturated heterocycles. The molecule has 17 nitrogen and oxygen atoms in total. The second-order valence-electron chi connectivity index (χ2n) is 25.6. The minimum absolute atomic E-state index is 0.102. The van der Waals surface area contributed by atoms with Crippen molar-refractivity contribution in [2.75, 3.05) is 39.6 Å². The number of phosphoric acid groups is 2. The van der Waals surface area contributed by atoms with Gasteiger partial charge in [0.05, 0.1) is 26.4 Å². The fourth-order valence-electron chi connectivity index (χ4n) is 10.0. The van der Waals surface area contributed by atoms with E-state index >= 15 is 0 Å². The maximum Gasteiger partial charge on any atom is 0.472 e. The Bertz CT molecular complexity index is 1700. The highest BCUT2D eigenvalue weighted by Crippen LogP contribution is 2.45. The summed E-state index contributed by atoms with van der Waals surface area (Å²) in [5.74, 6) is 0.0445. The number of hydrogen-bond acceptors (Lipinski definition) is 15. The SMILES string of the molecule is CCCCCCCCCCCCCC(=O)OC[C@H](COP(=O)(O)OC[C@@H](O)COP(=O)(O)OC[C@@H](COC(=O)CCCCCCCCCC(C)C)OC(=O)CCCCCCCCCC(C)C)OC(=O)CCCCCCCCCCCCCCC(C)C. The van der Waals surface area contributed by atoms with E-state index in [-0.39, 0.29) is 25.7 Å². The molecule has 0 aliphatic carbocycles. The van der Waals surface area contributed by atoms with Gasteiger partial charge in [0, 0.05) is 25.7 Å². The van der Waals surface area contributed by atoms with Gasteiger partial charge in [-0.2, -0.15) is 0 Å². The summed E-state index contributed by atoms with van der Waals surface area (Å²) in [4.78, 5) is 72.3. The smallest absolute Gasteiger partial charge is 0.462 e. The average Bonchev–Trinajstić information content (AvgIpc) is 3.64. The van der Waals surface area contributed by atoms with Crippen LogP contribution in [0.25, 0.3) is 0 Å². The maximum atomic E-state index is 13.0. The summed E-state index contributed by atoms with van der Waals surface area (Å²) in [6.07, 6.45) is 40.4. The standard InChI is InChI=1S/C67H130O17P2/c1-8-9-10-11-12-13-16-20-27-34-41-48-64(69)77-54-62(83-66(71)50-43-36-28-21-18-15-14-17-19-24-31-38-45-58(2)3)56-81-85(73,74)79-52-61(68)53-80-86(75,76)82-57-63(84-67(72)51-44-37-30-23-26-33-40-47-60(6)7)55-78-65(70)49-42-35-29-22-25-32-39-46-59(4)5/h58-63,68H,8-57H2,1-7H3,(H,73,74)(H,75,76)/t61-,62-,63-/m1/s1. The van der Waals surface area contributed by atoms with Crippen LogP contribution in [0.15, 0.2) is 0 Å². The number of rotatable bonds is 65. The van der Waals surface area contributed by atoms with E-state index in [2.05, 4.69) is 48.5 Å². The summed E-state index contributed by atoms with van der Waals surface area (Å²) in [5.41, 5.74) is 0. The summed E-state index contributed by atoms with van der Waals surface area (Å²) in [6, 6.07) is 0. The van der Waals surface area contributed by atoms with Gasteiger partial charge < -0.3 is 33.8 Å². The van der Waals surface area contributed by atoms with Crippen molar-refractivity contribution in [1.29, 1.82) is 0 Å². The summed E-state index contributed by atoms with van der Waals surface area (Å²) < 4.78 is 68.1. The van der Waals surface area contributed by atoms with Crippen LogP contribution in [0.5, 0.6) is 0 Å². The first kappa shape index (κ1) is 84.1. The Morgan fingerprint density at radius 3 is 0.791 bits per heavy atom. The Hall–Kier alpha value is -1.94. The molecule has 0 spiro atoms. The van der Waals surface area contributed by atoms with Gasteiger partial charge in [0.2, 0.25) is 0 Å². The van der Waals surface area contributed by atoms with E-state index in [9.17, 15) is 43.2 Å². The highest BCUT2D eigenvalue weighted by molar-refractivity contribution is 7.47. The fraction of sp³-hybridized carbons (Fsp3) is 0.940. The molecule has 2 unspecified atom stereocenters. The molecular formula is C67H130O17P2. The van der Waals surface area contributed by atoms with Gasteiger partial charge in [-0.25, -0.2) is 9.13 Å². The van der Waals surface area contributed by atoms with Crippen molar-refractivity contribution in [1.82, 2.24) is 0 Å². The number of esters is 4. The quantitative estimate of drug-likeness (QED) is 0.0222. The van der Waals surface area contributed by atoms with Gasteiger partial charge in [0.25, 0.3) is 0 Å². The summed E-state index contributed by atoms with van der Waals surface area (Å²) in [6.45, 7) is 11.7. The lowest BCUT2D eigenvalue weighted by Gasteiger charge is -2.21. The Labute approximate surface area is 524 Å². The van der Waals surface area contributed by atoms with Gasteiger partial charge in [-0.05, 0) is 43.4 Å². The van der Waals surface area contributed by atoms with Crippen LogP contribution < -0.4 is 0 Å². The monoisotopic (exact) mass is 1270 g/mol. The minimum Gasteiger partial charge on any atom is -0.462 e. The van der Waals surface area contributed by atoms with Crippen LogP contribution in [-0.4, -0.2) is 96.7 Å². The highest BCUT2D eigenvalue weighted by Gasteiger charge is 2.30. The number of unbranched alkanes of at least 4 members (excludes halogenated alkanes) is 33. The normalized spacial score (nSPS) is 14.3. The lowest BCUT2D eigenvalue weighted by molar-refractivity contribution is -0.161. The zero-order valence-electron chi connectivity index (χ0n) is 55.8. The molecule has 0 rings (SSSR count). The molecule has 0 saturated carbocycles. The molecule has 3 N–H and O–H groups in total. The molecular weight excluding hydrogens is 1140 g/mol. The number of aliphatic hydroxyl groups is 1. The number of aliphatic hydroxyl groups excluding tert-OH is 1.